The Morgan fingerprint density at radius 3 is 2.52 bits per heavy atom. The zero-order chi connectivity index (χ0) is 15.2. The first kappa shape index (κ1) is 14.1. The third-order valence-electron chi connectivity index (χ3n) is 2.99. The van der Waals surface area contributed by atoms with Crippen LogP contribution in [0.4, 0.5) is 17.6 Å². The molecular weight excluding hydrogens is 352 g/mol. The van der Waals surface area contributed by atoms with E-state index in [0.717, 1.165) is 6.07 Å². The zero-order valence-corrected chi connectivity index (χ0v) is 11.9. The van der Waals surface area contributed by atoms with Crippen molar-refractivity contribution in [3.05, 3.63) is 52.3 Å². The molecular formula is C14H7BrF4N2. The summed E-state index contributed by atoms with van der Waals surface area (Å²) >= 11 is 3.03. The normalized spacial score (nSPS) is 12.0. The average molecular weight is 359 g/mol. The largest absolute Gasteiger partial charge is 0.417 e. The van der Waals surface area contributed by atoms with Gasteiger partial charge in [0.05, 0.1) is 16.6 Å². The Kier molecular flexibility index (Phi) is 3.24. The summed E-state index contributed by atoms with van der Waals surface area (Å²) in [6.45, 7) is 0. The van der Waals surface area contributed by atoms with Crippen LogP contribution in [0.3, 0.4) is 0 Å². The number of fused-ring (bicyclic) bond motifs is 1. The van der Waals surface area contributed by atoms with E-state index in [9.17, 15) is 17.6 Å². The molecule has 0 saturated carbocycles. The number of rotatable bonds is 1. The van der Waals surface area contributed by atoms with E-state index in [4.69, 9.17) is 0 Å². The fraction of sp³-hybridized carbons (Fsp3) is 0.0714. The number of aromatic amines is 1. The lowest BCUT2D eigenvalue weighted by molar-refractivity contribution is -0.137. The van der Waals surface area contributed by atoms with Crippen molar-refractivity contribution in [3.63, 3.8) is 0 Å². The SMILES string of the molecule is Fc1ccc2nc(-c3ccc(Br)cc3C(F)(F)F)[nH]c2c1. The Balaban J connectivity index is 2.22. The van der Waals surface area contributed by atoms with E-state index in [1.54, 1.807) is 0 Å². The van der Waals surface area contributed by atoms with Crippen LogP contribution in [0.25, 0.3) is 22.4 Å². The first-order valence-electron chi connectivity index (χ1n) is 5.87. The zero-order valence-electron chi connectivity index (χ0n) is 10.3. The molecule has 0 fully saturated rings. The van der Waals surface area contributed by atoms with Crippen LogP contribution in [0.15, 0.2) is 40.9 Å². The van der Waals surface area contributed by atoms with Crippen molar-refractivity contribution in [3.8, 4) is 11.4 Å². The van der Waals surface area contributed by atoms with Crippen LogP contribution < -0.4 is 0 Å². The predicted molar refractivity (Wildman–Crippen MR) is 74.2 cm³/mol. The van der Waals surface area contributed by atoms with Crippen molar-refractivity contribution in [2.24, 2.45) is 0 Å². The molecule has 1 heterocycles. The summed E-state index contributed by atoms with van der Waals surface area (Å²) in [7, 11) is 0. The van der Waals surface area contributed by atoms with Crippen molar-refractivity contribution in [1.82, 2.24) is 9.97 Å². The van der Waals surface area contributed by atoms with Crippen molar-refractivity contribution in [1.29, 1.82) is 0 Å². The third-order valence-corrected chi connectivity index (χ3v) is 3.48. The molecule has 1 aromatic heterocycles. The number of H-pyrrole nitrogens is 1. The molecule has 0 spiro atoms. The molecule has 21 heavy (non-hydrogen) atoms. The van der Waals surface area contributed by atoms with Crippen LogP contribution in [-0.2, 0) is 6.18 Å². The van der Waals surface area contributed by atoms with E-state index >= 15 is 0 Å². The van der Waals surface area contributed by atoms with Gasteiger partial charge in [-0.25, -0.2) is 9.37 Å². The lowest BCUT2D eigenvalue weighted by Gasteiger charge is -2.11. The maximum Gasteiger partial charge on any atom is 0.417 e. The molecule has 0 amide bonds. The van der Waals surface area contributed by atoms with Gasteiger partial charge in [-0.3, -0.25) is 0 Å². The van der Waals surface area contributed by atoms with E-state index in [0.29, 0.717) is 15.5 Å². The number of imidazole rings is 1. The van der Waals surface area contributed by atoms with E-state index in [-0.39, 0.29) is 11.4 Å². The predicted octanol–water partition coefficient (Wildman–Crippen LogP) is 5.15. The molecule has 0 saturated heterocycles. The van der Waals surface area contributed by atoms with Crippen LogP contribution in [0.2, 0.25) is 0 Å². The van der Waals surface area contributed by atoms with Gasteiger partial charge in [-0.15, -0.1) is 0 Å². The van der Waals surface area contributed by atoms with Crippen molar-refractivity contribution in [2.75, 3.05) is 0 Å². The number of alkyl halides is 3. The molecule has 0 bridgehead atoms. The maximum absolute atomic E-state index is 13.1. The van der Waals surface area contributed by atoms with E-state index in [1.165, 1.54) is 30.3 Å². The highest BCUT2D eigenvalue weighted by atomic mass is 79.9. The number of aromatic nitrogens is 2. The maximum atomic E-state index is 13.1. The van der Waals surface area contributed by atoms with Crippen molar-refractivity contribution in [2.45, 2.75) is 6.18 Å². The van der Waals surface area contributed by atoms with Gasteiger partial charge in [0.2, 0.25) is 0 Å². The lowest BCUT2D eigenvalue weighted by Crippen LogP contribution is -2.07. The fourth-order valence-corrected chi connectivity index (χ4v) is 2.43. The Morgan fingerprint density at radius 1 is 1.05 bits per heavy atom. The van der Waals surface area contributed by atoms with Gasteiger partial charge in [-0.05, 0) is 36.4 Å². The molecule has 0 atom stereocenters. The highest BCUT2D eigenvalue weighted by molar-refractivity contribution is 9.10. The monoisotopic (exact) mass is 358 g/mol. The molecule has 3 aromatic rings. The second kappa shape index (κ2) is 4.84. The van der Waals surface area contributed by atoms with Gasteiger partial charge < -0.3 is 4.98 Å². The number of halogens is 5. The summed E-state index contributed by atoms with van der Waals surface area (Å²) in [4.78, 5) is 6.81. The first-order valence-corrected chi connectivity index (χ1v) is 6.66. The van der Waals surface area contributed by atoms with Gasteiger partial charge in [-0.2, -0.15) is 13.2 Å². The quantitative estimate of drug-likeness (QED) is 0.598. The Labute approximate surface area is 124 Å². The molecule has 0 aliphatic rings. The minimum absolute atomic E-state index is 0.0513. The van der Waals surface area contributed by atoms with Gasteiger partial charge in [0.25, 0.3) is 0 Å². The average Bonchev–Trinajstić information content (AvgIpc) is 2.80. The molecule has 1 N–H and O–H groups in total. The van der Waals surface area contributed by atoms with Gasteiger partial charge in [0, 0.05) is 10.0 Å². The van der Waals surface area contributed by atoms with Crippen molar-refractivity contribution < 1.29 is 17.6 Å². The van der Waals surface area contributed by atoms with E-state index in [2.05, 4.69) is 25.9 Å². The van der Waals surface area contributed by atoms with Crippen LogP contribution >= 0.6 is 15.9 Å². The molecule has 7 heteroatoms. The number of nitrogens with zero attached hydrogens (tertiary/aromatic N) is 1. The second-order valence-corrected chi connectivity index (χ2v) is 5.35. The first-order chi connectivity index (χ1) is 9.84. The smallest absolute Gasteiger partial charge is 0.338 e. The summed E-state index contributed by atoms with van der Waals surface area (Å²) < 4.78 is 52.8. The lowest BCUT2D eigenvalue weighted by atomic mass is 10.1. The molecule has 2 aromatic carbocycles. The molecule has 0 aliphatic heterocycles. The molecule has 108 valence electrons. The third kappa shape index (κ3) is 2.65. The molecule has 0 unspecified atom stereocenters. The van der Waals surface area contributed by atoms with Crippen LogP contribution in [0, 0.1) is 5.82 Å². The summed E-state index contributed by atoms with van der Waals surface area (Å²) in [6, 6.07) is 7.62. The van der Waals surface area contributed by atoms with E-state index in [1.807, 2.05) is 0 Å². The number of hydrogen-bond donors (Lipinski definition) is 1. The minimum Gasteiger partial charge on any atom is -0.338 e. The Hall–Kier alpha value is -1.89. The number of nitrogens with one attached hydrogen (secondary N) is 1. The highest BCUT2D eigenvalue weighted by Crippen LogP contribution is 2.38. The summed E-state index contributed by atoms with van der Waals surface area (Å²) in [5.74, 6) is -0.431. The summed E-state index contributed by atoms with van der Waals surface area (Å²) in [5.41, 5.74) is -0.137. The fourth-order valence-electron chi connectivity index (χ4n) is 2.07. The Morgan fingerprint density at radius 2 is 1.81 bits per heavy atom. The van der Waals surface area contributed by atoms with Gasteiger partial charge in [-0.1, -0.05) is 15.9 Å². The summed E-state index contributed by atoms with van der Waals surface area (Å²) in [6.07, 6.45) is -4.51. The Bertz CT molecular complexity index is 823. The summed E-state index contributed by atoms with van der Waals surface area (Å²) in [5, 5.41) is 0. The van der Waals surface area contributed by atoms with Gasteiger partial charge in [0.15, 0.2) is 0 Å². The van der Waals surface area contributed by atoms with Gasteiger partial charge >= 0.3 is 6.18 Å². The molecule has 3 rings (SSSR count). The highest BCUT2D eigenvalue weighted by Gasteiger charge is 2.34. The number of benzene rings is 2. The van der Waals surface area contributed by atoms with Crippen LogP contribution in [0.5, 0.6) is 0 Å². The standard InChI is InChI=1S/C14H7BrF4N2/c15-7-1-3-9(10(5-7)14(17,18)19)13-20-11-4-2-8(16)6-12(11)21-13/h1-6H,(H,20,21). The molecule has 0 aliphatic carbocycles. The van der Waals surface area contributed by atoms with Gasteiger partial charge in [0.1, 0.15) is 11.6 Å². The second-order valence-electron chi connectivity index (χ2n) is 4.43. The van der Waals surface area contributed by atoms with Crippen LogP contribution in [-0.4, -0.2) is 9.97 Å². The topological polar surface area (TPSA) is 28.7 Å². The molecule has 2 nitrogen and oxygen atoms in total. The van der Waals surface area contributed by atoms with Crippen LogP contribution in [0.1, 0.15) is 5.56 Å². The molecule has 0 radical (unpaired) electrons. The number of hydrogen-bond acceptors (Lipinski definition) is 1. The van der Waals surface area contributed by atoms with E-state index < -0.39 is 17.6 Å². The minimum atomic E-state index is -4.51. The van der Waals surface area contributed by atoms with Crippen molar-refractivity contribution >= 4 is 27.0 Å².